The molecule has 0 saturated carbocycles. The predicted molar refractivity (Wildman–Crippen MR) is 161 cm³/mol. The summed E-state index contributed by atoms with van der Waals surface area (Å²) in [6.07, 6.45) is 34.9. The van der Waals surface area contributed by atoms with Gasteiger partial charge in [-0.2, -0.15) is 0 Å². The molecule has 1 aromatic carbocycles. The summed E-state index contributed by atoms with van der Waals surface area (Å²) < 4.78 is 0. The normalized spacial score (nSPS) is 11.4. The molecule has 0 heterocycles. The molecule has 0 bridgehead atoms. The van der Waals surface area contributed by atoms with Crippen molar-refractivity contribution in [2.75, 3.05) is 0 Å². The van der Waals surface area contributed by atoms with Crippen LogP contribution in [0.2, 0.25) is 0 Å². The fourth-order valence-electron chi connectivity index (χ4n) is 5.65. The van der Waals surface area contributed by atoms with Gasteiger partial charge in [0.2, 0.25) is 0 Å². The standard InChI is InChI=1S/C35H64/c1-5-9-12-15-18-21-24-27-33-30-32(8-4)31-34(28-25-22-19-16-13-10-6-2)35(33)29-26-23-20-17-14-11-7-3/h30-31H,5-29H2,1-4H3. The highest BCUT2D eigenvalue weighted by molar-refractivity contribution is 5.40. The van der Waals surface area contributed by atoms with Gasteiger partial charge < -0.3 is 0 Å². The van der Waals surface area contributed by atoms with Crippen LogP contribution in [0.4, 0.5) is 0 Å². The zero-order chi connectivity index (χ0) is 25.4. The number of benzene rings is 1. The van der Waals surface area contributed by atoms with Gasteiger partial charge in [-0.05, 0) is 67.2 Å². The van der Waals surface area contributed by atoms with E-state index in [1.54, 1.807) is 22.3 Å². The van der Waals surface area contributed by atoms with E-state index >= 15 is 0 Å². The predicted octanol–water partition coefficient (Wildman–Crippen LogP) is 12.1. The second kappa shape index (κ2) is 23.6. The summed E-state index contributed by atoms with van der Waals surface area (Å²) in [5.41, 5.74) is 6.81. The van der Waals surface area contributed by atoms with Crippen LogP contribution in [0.15, 0.2) is 12.1 Å². The largest absolute Gasteiger partial charge is 0.0654 e. The summed E-state index contributed by atoms with van der Waals surface area (Å²) in [6, 6.07) is 5.20. The summed E-state index contributed by atoms with van der Waals surface area (Å²) in [7, 11) is 0. The maximum Gasteiger partial charge on any atom is -0.0273 e. The molecule has 0 nitrogen and oxygen atoms in total. The van der Waals surface area contributed by atoms with Crippen LogP contribution in [0, 0.1) is 0 Å². The molecular weight excluding hydrogens is 420 g/mol. The summed E-state index contributed by atoms with van der Waals surface area (Å²) in [5.74, 6) is 0. The van der Waals surface area contributed by atoms with Crippen molar-refractivity contribution < 1.29 is 0 Å². The number of aryl methyl sites for hydroxylation is 3. The molecule has 0 radical (unpaired) electrons. The third-order valence-corrected chi connectivity index (χ3v) is 8.03. The van der Waals surface area contributed by atoms with E-state index in [0.29, 0.717) is 0 Å². The zero-order valence-electron chi connectivity index (χ0n) is 24.8. The van der Waals surface area contributed by atoms with E-state index in [9.17, 15) is 0 Å². The van der Waals surface area contributed by atoms with Crippen molar-refractivity contribution in [2.24, 2.45) is 0 Å². The minimum Gasteiger partial charge on any atom is -0.0654 e. The average Bonchev–Trinajstić information content (AvgIpc) is 2.87. The van der Waals surface area contributed by atoms with Gasteiger partial charge in [-0.25, -0.2) is 0 Å². The molecule has 0 heteroatoms. The zero-order valence-corrected chi connectivity index (χ0v) is 24.8. The Balaban J connectivity index is 2.69. The van der Waals surface area contributed by atoms with E-state index in [4.69, 9.17) is 0 Å². The second-order valence-electron chi connectivity index (χ2n) is 11.4. The third kappa shape index (κ3) is 16.6. The Bertz CT molecular complexity index is 545. The summed E-state index contributed by atoms with van der Waals surface area (Å²) in [5, 5.41) is 0. The lowest BCUT2D eigenvalue weighted by molar-refractivity contribution is 0.578. The van der Waals surface area contributed by atoms with Gasteiger partial charge in [-0.3, -0.25) is 0 Å². The molecule has 0 saturated heterocycles. The van der Waals surface area contributed by atoms with Crippen molar-refractivity contribution in [3.05, 3.63) is 34.4 Å². The lowest BCUT2D eigenvalue weighted by atomic mass is 9.87. The number of unbranched alkanes of at least 4 members (excludes halogenated alkanes) is 18. The van der Waals surface area contributed by atoms with Gasteiger partial charge in [-0.1, -0.05) is 155 Å². The van der Waals surface area contributed by atoms with Crippen molar-refractivity contribution in [3.63, 3.8) is 0 Å². The SMILES string of the molecule is CCCCCCCCCc1cc(CC)cc(CCCCCCCCC)c1CCCCCCCCC. The maximum atomic E-state index is 2.60. The Morgan fingerprint density at radius 1 is 0.371 bits per heavy atom. The highest BCUT2D eigenvalue weighted by atomic mass is 14.2. The molecule has 0 aromatic heterocycles. The van der Waals surface area contributed by atoms with E-state index in [-0.39, 0.29) is 0 Å². The van der Waals surface area contributed by atoms with Crippen LogP contribution in [0.1, 0.15) is 185 Å². The fourth-order valence-corrected chi connectivity index (χ4v) is 5.65. The number of hydrogen-bond donors (Lipinski definition) is 0. The van der Waals surface area contributed by atoms with Crippen molar-refractivity contribution in [1.82, 2.24) is 0 Å². The molecule has 0 aliphatic carbocycles. The van der Waals surface area contributed by atoms with Crippen LogP contribution >= 0.6 is 0 Å². The fraction of sp³-hybridized carbons (Fsp3) is 0.829. The summed E-state index contributed by atoms with van der Waals surface area (Å²) in [4.78, 5) is 0. The van der Waals surface area contributed by atoms with Gasteiger partial charge in [0.15, 0.2) is 0 Å². The Morgan fingerprint density at radius 3 is 1.03 bits per heavy atom. The van der Waals surface area contributed by atoms with Crippen molar-refractivity contribution in [1.29, 1.82) is 0 Å². The first-order valence-corrected chi connectivity index (χ1v) is 16.4. The van der Waals surface area contributed by atoms with Gasteiger partial charge in [-0.15, -0.1) is 0 Å². The first-order valence-electron chi connectivity index (χ1n) is 16.4. The highest BCUT2D eigenvalue weighted by Gasteiger charge is 2.11. The van der Waals surface area contributed by atoms with Gasteiger partial charge in [0, 0.05) is 0 Å². The molecule has 0 amide bonds. The average molecular weight is 485 g/mol. The van der Waals surface area contributed by atoms with Crippen LogP contribution < -0.4 is 0 Å². The van der Waals surface area contributed by atoms with E-state index in [2.05, 4.69) is 39.8 Å². The molecule has 0 aliphatic heterocycles. The van der Waals surface area contributed by atoms with Gasteiger partial charge in [0.05, 0.1) is 0 Å². The van der Waals surface area contributed by atoms with Gasteiger partial charge in [0.1, 0.15) is 0 Å². The minimum absolute atomic E-state index is 1.19. The monoisotopic (exact) mass is 485 g/mol. The van der Waals surface area contributed by atoms with E-state index in [1.807, 2.05) is 0 Å². The lowest BCUT2D eigenvalue weighted by Gasteiger charge is -2.18. The topological polar surface area (TPSA) is 0 Å². The van der Waals surface area contributed by atoms with Crippen LogP contribution in [0.5, 0.6) is 0 Å². The Labute approximate surface area is 222 Å². The molecule has 0 atom stereocenters. The smallest absolute Gasteiger partial charge is 0.0273 e. The lowest BCUT2D eigenvalue weighted by Crippen LogP contribution is -2.04. The Morgan fingerprint density at radius 2 is 0.686 bits per heavy atom. The molecule has 0 spiro atoms. The van der Waals surface area contributed by atoms with E-state index in [0.717, 1.165) is 0 Å². The van der Waals surface area contributed by atoms with Crippen LogP contribution in [-0.2, 0) is 25.7 Å². The first-order chi connectivity index (χ1) is 17.3. The summed E-state index contributed by atoms with van der Waals surface area (Å²) >= 11 is 0. The van der Waals surface area contributed by atoms with E-state index < -0.39 is 0 Å². The molecule has 204 valence electrons. The molecule has 0 fully saturated rings. The molecule has 35 heavy (non-hydrogen) atoms. The molecule has 0 aliphatic rings. The molecular formula is C35H64. The second-order valence-corrected chi connectivity index (χ2v) is 11.4. The van der Waals surface area contributed by atoms with Crippen molar-refractivity contribution >= 4 is 0 Å². The maximum absolute atomic E-state index is 2.60. The van der Waals surface area contributed by atoms with Gasteiger partial charge >= 0.3 is 0 Å². The molecule has 1 rings (SSSR count). The third-order valence-electron chi connectivity index (χ3n) is 8.03. The molecule has 1 aromatic rings. The summed E-state index contributed by atoms with van der Waals surface area (Å²) in [6.45, 7) is 9.30. The number of rotatable bonds is 25. The quantitative estimate of drug-likeness (QED) is 0.121. The van der Waals surface area contributed by atoms with E-state index in [1.165, 1.54) is 161 Å². The highest BCUT2D eigenvalue weighted by Crippen LogP contribution is 2.26. The van der Waals surface area contributed by atoms with Crippen molar-refractivity contribution in [3.8, 4) is 0 Å². The first kappa shape index (κ1) is 32.2. The Kier molecular flexibility index (Phi) is 21.8. The Hall–Kier alpha value is -0.780. The van der Waals surface area contributed by atoms with Crippen molar-refractivity contribution in [2.45, 2.75) is 188 Å². The van der Waals surface area contributed by atoms with Crippen LogP contribution in [-0.4, -0.2) is 0 Å². The van der Waals surface area contributed by atoms with Crippen LogP contribution in [0.25, 0.3) is 0 Å². The molecule has 0 N–H and O–H groups in total. The molecule has 0 unspecified atom stereocenters. The number of hydrogen-bond acceptors (Lipinski definition) is 0. The van der Waals surface area contributed by atoms with Crippen LogP contribution in [0.3, 0.4) is 0 Å². The van der Waals surface area contributed by atoms with Gasteiger partial charge in [0.25, 0.3) is 0 Å². The minimum atomic E-state index is 1.19.